The molecule has 8 nitrogen and oxygen atoms in total. The van der Waals surface area contributed by atoms with Crippen LogP contribution in [-0.4, -0.2) is 33.0 Å². The Bertz CT molecular complexity index is 672. The van der Waals surface area contributed by atoms with Crippen molar-refractivity contribution in [1.29, 1.82) is 0 Å². The Morgan fingerprint density at radius 1 is 1.30 bits per heavy atom. The van der Waals surface area contributed by atoms with E-state index in [1.54, 1.807) is 6.92 Å². The zero-order valence-corrected chi connectivity index (χ0v) is 13.9. The number of ether oxygens (including phenoxy) is 1. The smallest absolute Gasteiger partial charge is 0.305 e. The van der Waals surface area contributed by atoms with Gasteiger partial charge in [0.2, 0.25) is 10.0 Å². The number of nitrogens with one attached hydrogen (secondary N) is 1. The third-order valence-electron chi connectivity index (χ3n) is 3.27. The lowest BCUT2D eigenvalue weighted by Gasteiger charge is -2.07. The number of nitrogens with zero attached hydrogens (tertiary/aromatic N) is 1. The van der Waals surface area contributed by atoms with E-state index in [1.165, 1.54) is 19.2 Å². The molecule has 0 saturated heterocycles. The molecule has 0 aliphatic rings. The Morgan fingerprint density at radius 2 is 2.00 bits per heavy atom. The van der Waals surface area contributed by atoms with Crippen molar-refractivity contribution in [3.8, 4) is 0 Å². The van der Waals surface area contributed by atoms with Gasteiger partial charge in [0, 0.05) is 24.6 Å². The number of esters is 1. The largest absolute Gasteiger partial charge is 0.469 e. The Hall–Kier alpha value is -2.00. The number of unbranched alkanes of at least 4 members (excludes halogenated alkanes) is 2. The number of benzene rings is 1. The molecule has 0 saturated carbocycles. The summed E-state index contributed by atoms with van der Waals surface area (Å²) in [6.07, 6.45) is 2.15. The first-order chi connectivity index (χ1) is 10.8. The van der Waals surface area contributed by atoms with Crippen molar-refractivity contribution < 1.29 is 22.9 Å². The minimum Gasteiger partial charge on any atom is -0.469 e. The van der Waals surface area contributed by atoms with E-state index in [1.807, 2.05) is 0 Å². The first-order valence-electron chi connectivity index (χ1n) is 7.09. The van der Waals surface area contributed by atoms with Gasteiger partial charge in [0.1, 0.15) is 0 Å². The van der Waals surface area contributed by atoms with Gasteiger partial charge in [0.15, 0.2) is 0 Å². The van der Waals surface area contributed by atoms with Gasteiger partial charge in [-0.05, 0) is 25.8 Å². The van der Waals surface area contributed by atoms with Crippen LogP contribution in [0.15, 0.2) is 23.1 Å². The van der Waals surface area contributed by atoms with Crippen LogP contribution in [0.4, 0.5) is 5.69 Å². The van der Waals surface area contributed by atoms with Crippen LogP contribution in [0.1, 0.15) is 31.2 Å². The Kier molecular flexibility index (Phi) is 7.11. The molecule has 0 aromatic heterocycles. The summed E-state index contributed by atoms with van der Waals surface area (Å²) in [4.78, 5) is 21.0. The van der Waals surface area contributed by atoms with Gasteiger partial charge in [-0.1, -0.05) is 12.5 Å². The maximum atomic E-state index is 12.1. The maximum Gasteiger partial charge on any atom is 0.305 e. The number of carbonyl (C=O) groups excluding carboxylic acids is 1. The molecule has 0 amide bonds. The lowest BCUT2D eigenvalue weighted by Crippen LogP contribution is -2.25. The molecule has 0 bridgehead atoms. The Labute approximate surface area is 135 Å². The van der Waals surface area contributed by atoms with E-state index < -0.39 is 14.9 Å². The topological polar surface area (TPSA) is 116 Å². The van der Waals surface area contributed by atoms with Gasteiger partial charge in [-0.3, -0.25) is 14.9 Å². The molecule has 0 spiro atoms. The second-order valence-corrected chi connectivity index (χ2v) is 6.76. The number of hydrogen-bond donors (Lipinski definition) is 1. The van der Waals surface area contributed by atoms with Crippen LogP contribution in [0, 0.1) is 17.0 Å². The molecule has 0 aliphatic heterocycles. The number of methoxy groups -OCH3 is 1. The molecule has 1 rings (SSSR count). The van der Waals surface area contributed by atoms with Gasteiger partial charge in [-0.15, -0.1) is 0 Å². The summed E-state index contributed by atoms with van der Waals surface area (Å²) in [6.45, 7) is 1.74. The van der Waals surface area contributed by atoms with Crippen LogP contribution < -0.4 is 4.72 Å². The van der Waals surface area contributed by atoms with Crippen LogP contribution in [0.5, 0.6) is 0 Å². The van der Waals surface area contributed by atoms with Gasteiger partial charge >= 0.3 is 5.97 Å². The first-order valence-corrected chi connectivity index (χ1v) is 8.58. The van der Waals surface area contributed by atoms with Gasteiger partial charge < -0.3 is 4.74 Å². The third kappa shape index (κ3) is 5.95. The Morgan fingerprint density at radius 3 is 2.61 bits per heavy atom. The number of rotatable bonds is 9. The molecule has 23 heavy (non-hydrogen) atoms. The van der Waals surface area contributed by atoms with Crippen molar-refractivity contribution in [2.75, 3.05) is 13.7 Å². The molecule has 0 radical (unpaired) electrons. The summed E-state index contributed by atoms with van der Waals surface area (Å²) in [5, 5.41) is 10.9. The minimum absolute atomic E-state index is 0.135. The number of nitro benzene ring substituents is 1. The summed E-state index contributed by atoms with van der Waals surface area (Å²) in [5.41, 5.74) is 0.169. The number of aryl methyl sites for hydroxylation is 1. The molecule has 0 atom stereocenters. The van der Waals surface area contributed by atoms with Crippen molar-refractivity contribution in [1.82, 2.24) is 4.72 Å². The SMILES string of the molecule is COC(=O)CCCCCNS(=O)(=O)c1ccc(C)c([N+](=O)[O-])c1. The molecule has 0 aliphatic carbocycles. The highest BCUT2D eigenvalue weighted by Crippen LogP contribution is 2.22. The second-order valence-electron chi connectivity index (χ2n) is 4.99. The van der Waals surface area contributed by atoms with E-state index in [4.69, 9.17) is 0 Å². The fourth-order valence-corrected chi connectivity index (χ4v) is 3.01. The highest BCUT2D eigenvalue weighted by Gasteiger charge is 2.19. The molecule has 128 valence electrons. The van der Waals surface area contributed by atoms with E-state index in [2.05, 4.69) is 9.46 Å². The minimum atomic E-state index is -3.79. The summed E-state index contributed by atoms with van der Waals surface area (Å²) in [7, 11) is -2.47. The summed E-state index contributed by atoms with van der Waals surface area (Å²) in [6, 6.07) is 3.79. The van der Waals surface area contributed by atoms with Crippen molar-refractivity contribution >= 4 is 21.7 Å². The lowest BCUT2D eigenvalue weighted by atomic mass is 10.2. The summed E-state index contributed by atoms with van der Waals surface area (Å²) in [5.74, 6) is -0.294. The fourth-order valence-electron chi connectivity index (χ4n) is 1.92. The number of nitro groups is 1. The molecule has 1 N–H and O–H groups in total. The molecule has 0 fully saturated rings. The maximum absolute atomic E-state index is 12.1. The van der Waals surface area contributed by atoms with E-state index >= 15 is 0 Å². The zero-order valence-electron chi connectivity index (χ0n) is 13.1. The van der Waals surface area contributed by atoms with Crippen LogP contribution in [-0.2, 0) is 19.6 Å². The van der Waals surface area contributed by atoms with Crippen molar-refractivity contribution in [3.05, 3.63) is 33.9 Å². The standard InChI is InChI=1S/C14H20N2O6S/c1-11-7-8-12(10-13(11)16(18)19)23(20,21)15-9-5-3-4-6-14(17)22-2/h7-8,10,15H,3-6,9H2,1-2H3. The number of sulfonamides is 1. The molecule has 0 heterocycles. The third-order valence-corrected chi connectivity index (χ3v) is 4.72. The van der Waals surface area contributed by atoms with Gasteiger partial charge in [-0.2, -0.15) is 0 Å². The molecular formula is C14H20N2O6S. The van der Waals surface area contributed by atoms with Crippen LogP contribution in [0.25, 0.3) is 0 Å². The van der Waals surface area contributed by atoms with Gasteiger partial charge in [0.25, 0.3) is 5.69 Å². The van der Waals surface area contributed by atoms with Crippen LogP contribution >= 0.6 is 0 Å². The summed E-state index contributed by atoms with van der Waals surface area (Å²) >= 11 is 0. The molecular weight excluding hydrogens is 324 g/mol. The first kappa shape index (κ1) is 19.0. The molecule has 1 aromatic carbocycles. The van der Waals surface area contributed by atoms with Crippen LogP contribution in [0.3, 0.4) is 0 Å². The van der Waals surface area contributed by atoms with Crippen LogP contribution in [0.2, 0.25) is 0 Å². The lowest BCUT2D eigenvalue weighted by molar-refractivity contribution is -0.385. The quantitative estimate of drug-likeness (QED) is 0.317. The normalized spacial score (nSPS) is 11.2. The fraction of sp³-hybridized carbons (Fsp3) is 0.500. The number of carbonyl (C=O) groups is 1. The monoisotopic (exact) mass is 344 g/mol. The van der Waals surface area contributed by atoms with E-state index in [0.717, 1.165) is 6.07 Å². The zero-order chi connectivity index (χ0) is 17.5. The van der Waals surface area contributed by atoms with Crippen molar-refractivity contribution in [2.45, 2.75) is 37.5 Å². The molecule has 1 aromatic rings. The van der Waals surface area contributed by atoms with E-state index in [0.29, 0.717) is 31.2 Å². The average Bonchev–Trinajstić information content (AvgIpc) is 2.50. The van der Waals surface area contributed by atoms with Gasteiger partial charge in [0.05, 0.1) is 16.9 Å². The predicted octanol–water partition coefficient (Wildman–Crippen LogP) is 1.91. The second kappa shape index (κ2) is 8.59. The Balaban J connectivity index is 2.55. The highest BCUT2D eigenvalue weighted by atomic mass is 32.2. The molecule has 0 unspecified atom stereocenters. The number of hydrogen-bond acceptors (Lipinski definition) is 6. The average molecular weight is 344 g/mol. The highest BCUT2D eigenvalue weighted by molar-refractivity contribution is 7.89. The summed E-state index contributed by atoms with van der Waals surface area (Å²) < 4.78 is 31.1. The predicted molar refractivity (Wildman–Crippen MR) is 83.5 cm³/mol. The molecule has 9 heteroatoms. The van der Waals surface area contributed by atoms with Crippen molar-refractivity contribution in [2.24, 2.45) is 0 Å². The van der Waals surface area contributed by atoms with Crippen molar-refractivity contribution in [3.63, 3.8) is 0 Å². The van der Waals surface area contributed by atoms with E-state index in [-0.39, 0.29) is 23.1 Å². The van der Waals surface area contributed by atoms with E-state index in [9.17, 15) is 23.3 Å². The van der Waals surface area contributed by atoms with Gasteiger partial charge in [-0.25, -0.2) is 13.1 Å².